The Morgan fingerprint density at radius 3 is 2.24 bits per heavy atom. The Morgan fingerprint density at radius 1 is 0.941 bits per heavy atom. The van der Waals surface area contributed by atoms with E-state index in [1.54, 1.807) is 32.7 Å². The van der Waals surface area contributed by atoms with Gasteiger partial charge >= 0.3 is 0 Å². The van der Waals surface area contributed by atoms with Gasteiger partial charge in [0.25, 0.3) is 0 Å². The van der Waals surface area contributed by atoms with Gasteiger partial charge in [-0.15, -0.1) is 0 Å². The molecule has 0 aliphatic heterocycles. The third kappa shape index (κ3) is 0.559. The number of thiol groups is 1. The first-order valence-corrected chi connectivity index (χ1v) is 6.79. The predicted octanol–water partition coefficient (Wildman–Crippen LogP) is 2.91. The van der Waals surface area contributed by atoms with Crippen LogP contribution in [0.3, 0.4) is 0 Å². The molecule has 0 heterocycles. The zero-order valence-corrected chi connectivity index (χ0v) is 10.1. The number of fused-ring (bicyclic) bond motifs is 6. The lowest BCUT2D eigenvalue weighted by Gasteiger charge is -2.55. The highest BCUT2D eigenvalue weighted by molar-refractivity contribution is 7.81. The molecule has 0 aromatic rings. The lowest BCUT2D eigenvalue weighted by atomic mass is 9.54. The minimum atomic E-state index is 0.180. The third-order valence-electron chi connectivity index (χ3n) is 5.46. The van der Waals surface area contributed by atoms with Crippen molar-refractivity contribution in [1.29, 1.82) is 0 Å². The largest absolute Gasteiger partial charge is 0.167 e. The molecule has 80 valence electrons. The highest BCUT2D eigenvalue weighted by Crippen LogP contribution is 2.62. The van der Waals surface area contributed by atoms with Gasteiger partial charge in [0.05, 0.1) is 0 Å². The van der Waals surface area contributed by atoms with Crippen LogP contribution in [-0.2, 0) is 17.6 Å². The molecule has 0 amide bonds. The van der Waals surface area contributed by atoms with Crippen LogP contribution in [0.15, 0.2) is 24.3 Å². The van der Waals surface area contributed by atoms with E-state index in [4.69, 9.17) is 12.6 Å². The molecule has 6 aliphatic rings. The van der Waals surface area contributed by atoms with E-state index in [0.29, 0.717) is 5.92 Å². The molecule has 6 rings (SSSR count). The molecule has 17 heavy (non-hydrogen) atoms. The molecule has 1 unspecified atom stereocenters. The van der Waals surface area contributed by atoms with Gasteiger partial charge in [-0.25, -0.2) is 0 Å². The van der Waals surface area contributed by atoms with Crippen molar-refractivity contribution in [2.24, 2.45) is 0 Å². The van der Waals surface area contributed by atoms with Gasteiger partial charge in [0.2, 0.25) is 0 Å². The highest BCUT2D eigenvalue weighted by atomic mass is 32.1. The molecule has 0 aromatic heterocycles. The van der Waals surface area contributed by atoms with Gasteiger partial charge in [-0.3, -0.25) is 0 Å². The molecule has 0 radical (unpaired) electrons. The van der Waals surface area contributed by atoms with E-state index >= 15 is 0 Å². The Morgan fingerprint density at radius 2 is 1.65 bits per heavy atom. The Kier molecular flexibility index (Phi) is 0.926. The number of rotatable bonds is 1. The topological polar surface area (TPSA) is 0 Å². The molecule has 0 fully saturated rings. The average molecular weight is 234 g/mol. The normalized spacial score (nSPS) is 31.0. The lowest BCUT2D eigenvalue weighted by molar-refractivity contribution is 0.383. The van der Waals surface area contributed by atoms with Crippen molar-refractivity contribution in [1.82, 2.24) is 0 Å². The maximum atomic E-state index is 5.06. The van der Waals surface area contributed by atoms with E-state index in [1.807, 2.05) is 0 Å². The van der Waals surface area contributed by atoms with Crippen LogP contribution in [0.4, 0.5) is 0 Å². The van der Waals surface area contributed by atoms with Crippen molar-refractivity contribution < 1.29 is 0 Å². The number of hydrogen-bond acceptors (Lipinski definition) is 1. The highest BCUT2D eigenvalue weighted by Gasteiger charge is 2.54. The Hall–Kier alpha value is -1.21. The van der Waals surface area contributed by atoms with Crippen LogP contribution in [0.1, 0.15) is 28.2 Å². The molecular formula is C16H10S. The average Bonchev–Trinajstić information content (AvgIpc) is 2.23. The minimum Gasteiger partial charge on any atom is -0.167 e. The fourth-order valence-corrected chi connectivity index (χ4v) is 5.02. The van der Waals surface area contributed by atoms with Gasteiger partial charge in [0.1, 0.15) is 0 Å². The molecule has 0 spiro atoms. The first-order chi connectivity index (χ1) is 8.29. The summed E-state index contributed by atoms with van der Waals surface area (Å²) in [5, 5.41) is 6.17. The Labute approximate surface area is 104 Å². The van der Waals surface area contributed by atoms with Crippen molar-refractivity contribution >= 4 is 12.6 Å². The summed E-state index contributed by atoms with van der Waals surface area (Å²) < 4.78 is 0.180. The van der Waals surface area contributed by atoms with Gasteiger partial charge in [0, 0.05) is 10.7 Å². The van der Waals surface area contributed by atoms with Gasteiger partial charge < -0.3 is 0 Å². The fraction of sp³-hybridized carbons (Fsp3) is 0.250. The standard InChI is InChI=1S/C16H10S/c17-16(6-12-8-2-4-10(8)15(12)16)13-5-11-7-1-3-9(7)14(11)13/h1-4,13,17H,5-6H2/t13?,16-/m0/s1. The smallest absolute Gasteiger partial charge is 0.0499 e. The fourth-order valence-electron chi connectivity index (χ4n) is 4.39. The van der Waals surface area contributed by atoms with Crippen molar-refractivity contribution in [3.8, 4) is 0 Å². The van der Waals surface area contributed by atoms with Crippen molar-refractivity contribution in [3.63, 3.8) is 0 Å². The predicted molar refractivity (Wildman–Crippen MR) is 69.0 cm³/mol. The van der Waals surface area contributed by atoms with Crippen molar-refractivity contribution in [2.45, 2.75) is 23.5 Å². The van der Waals surface area contributed by atoms with Crippen molar-refractivity contribution in [3.05, 3.63) is 67.4 Å². The molecular weight excluding hydrogens is 224 g/mol. The SMILES string of the molecule is S[C@]1(C2Cc3c2c2ccc3=2)Cc2c1c1ccc2=1. The summed E-state index contributed by atoms with van der Waals surface area (Å²) in [5.41, 5.74) is 6.51. The van der Waals surface area contributed by atoms with Gasteiger partial charge in [-0.05, 0) is 56.0 Å². The molecule has 0 N–H and O–H groups in total. The van der Waals surface area contributed by atoms with E-state index in [0.717, 1.165) is 0 Å². The summed E-state index contributed by atoms with van der Waals surface area (Å²) in [7, 11) is 0. The van der Waals surface area contributed by atoms with Gasteiger partial charge in [0.15, 0.2) is 0 Å². The second-order valence-corrected chi connectivity index (χ2v) is 6.72. The first-order valence-electron chi connectivity index (χ1n) is 6.34. The van der Waals surface area contributed by atoms with Crippen molar-refractivity contribution in [2.75, 3.05) is 0 Å². The molecule has 2 atom stereocenters. The van der Waals surface area contributed by atoms with Crippen LogP contribution in [0.5, 0.6) is 0 Å². The third-order valence-corrected chi connectivity index (χ3v) is 6.16. The second-order valence-electron chi connectivity index (χ2n) is 5.92. The van der Waals surface area contributed by atoms with E-state index < -0.39 is 0 Å². The molecule has 6 aliphatic carbocycles. The first kappa shape index (κ1) is 7.99. The number of benzene rings is 2. The number of hydrogen-bond donors (Lipinski definition) is 1. The molecule has 1 heteroatoms. The van der Waals surface area contributed by atoms with Crippen LogP contribution < -0.4 is 0 Å². The van der Waals surface area contributed by atoms with E-state index in [2.05, 4.69) is 24.3 Å². The molecule has 0 aromatic carbocycles. The summed E-state index contributed by atoms with van der Waals surface area (Å²) in [4.78, 5) is 0. The summed E-state index contributed by atoms with van der Waals surface area (Å²) >= 11 is 5.06. The zero-order chi connectivity index (χ0) is 10.9. The minimum absolute atomic E-state index is 0.180. The summed E-state index contributed by atoms with van der Waals surface area (Å²) in [5.74, 6) is 0.700. The summed E-state index contributed by atoms with van der Waals surface area (Å²) in [6.45, 7) is 0. The molecule has 0 saturated heterocycles. The molecule has 0 nitrogen and oxygen atoms in total. The lowest BCUT2D eigenvalue weighted by Crippen LogP contribution is -2.48. The Bertz CT molecular complexity index is 954. The van der Waals surface area contributed by atoms with E-state index in [1.165, 1.54) is 23.3 Å². The van der Waals surface area contributed by atoms with Gasteiger partial charge in [-0.2, -0.15) is 12.6 Å². The van der Waals surface area contributed by atoms with Crippen LogP contribution in [0.2, 0.25) is 0 Å². The summed E-state index contributed by atoms with van der Waals surface area (Å²) in [6.07, 6.45) is 2.47. The van der Waals surface area contributed by atoms with E-state index in [-0.39, 0.29) is 4.75 Å². The van der Waals surface area contributed by atoms with Crippen LogP contribution in [0, 0.1) is 20.9 Å². The maximum Gasteiger partial charge on any atom is 0.0499 e. The Balaban J connectivity index is 1.56. The van der Waals surface area contributed by atoms with Crippen LogP contribution in [-0.4, -0.2) is 0 Å². The zero-order valence-electron chi connectivity index (χ0n) is 9.25. The summed E-state index contributed by atoms with van der Waals surface area (Å²) in [6, 6.07) is 9.06. The van der Waals surface area contributed by atoms with Gasteiger partial charge in [-0.1, -0.05) is 24.3 Å². The maximum absolute atomic E-state index is 5.06. The van der Waals surface area contributed by atoms with E-state index in [9.17, 15) is 0 Å². The second kappa shape index (κ2) is 1.97. The molecule has 0 saturated carbocycles. The van der Waals surface area contributed by atoms with Crippen LogP contribution in [0.25, 0.3) is 0 Å². The van der Waals surface area contributed by atoms with Crippen LogP contribution >= 0.6 is 12.6 Å². The quantitative estimate of drug-likeness (QED) is 0.481. The monoisotopic (exact) mass is 234 g/mol. The molecule has 0 bridgehead atoms.